The number of aryl methyl sites for hydroxylation is 1. The van der Waals surface area contributed by atoms with Crippen LogP contribution in [0.2, 0.25) is 0 Å². The van der Waals surface area contributed by atoms with E-state index < -0.39 is 0 Å². The molecule has 0 saturated heterocycles. The van der Waals surface area contributed by atoms with E-state index in [1.165, 1.54) is 0 Å². The summed E-state index contributed by atoms with van der Waals surface area (Å²) in [7, 11) is 0. The molecular weight excluding hydrogens is 214 g/mol. The normalized spacial score (nSPS) is 12.4. The molecule has 2 aromatic rings. The van der Waals surface area contributed by atoms with Crippen LogP contribution in [0.4, 0.5) is 11.5 Å². The van der Waals surface area contributed by atoms with E-state index >= 15 is 0 Å². The number of hydrogen-bond donors (Lipinski definition) is 2. The third-order valence-corrected chi connectivity index (χ3v) is 2.58. The molecule has 0 spiro atoms. The molecule has 90 valence electrons. The highest BCUT2D eigenvalue weighted by Gasteiger charge is 2.04. The van der Waals surface area contributed by atoms with Crippen LogP contribution in [0.3, 0.4) is 0 Å². The first-order valence-electron chi connectivity index (χ1n) is 5.59. The van der Waals surface area contributed by atoms with Gasteiger partial charge in [0, 0.05) is 42.9 Å². The molecule has 1 unspecified atom stereocenters. The number of nitrogen functional groups attached to an aromatic ring is 1. The minimum absolute atomic E-state index is 0.263. The Kier molecular flexibility index (Phi) is 3.27. The average Bonchev–Trinajstić information content (AvgIpc) is 2.76. The molecule has 2 rings (SSSR count). The van der Waals surface area contributed by atoms with Gasteiger partial charge >= 0.3 is 0 Å². The van der Waals surface area contributed by atoms with Crippen LogP contribution in [0.5, 0.6) is 0 Å². The van der Waals surface area contributed by atoms with E-state index in [9.17, 15) is 0 Å². The van der Waals surface area contributed by atoms with Gasteiger partial charge in [0.2, 0.25) is 0 Å². The van der Waals surface area contributed by atoms with E-state index in [-0.39, 0.29) is 6.04 Å². The zero-order chi connectivity index (χ0) is 12.3. The molecule has 17 heavy (non-hydrogen) atoms. The lowest BCUT2D eigenvalue weighted by Gasteiger charge is -2.15. The first-order chi connectivity index (χ1) is 8.15. The van der Waals surface area contributed by atoms with E-state index in [2.05, 4.69) is 22.2 Å². The first-order valence-corrected chi connectivity index (χ1v) is 5.59. The highest BCUT2D eigenvalue weighted by atomic mass is 15.1. The van der Waals surface area contributed by atoms with Crippen molar-refractivity contribution in [2.75, 3.05) is 11.1 Å². The number of nitrogens with one attached hydrogen (secondary N) is 1. The number of nitrogens with zero attached hydrogens (tertiary/aromatic N) is 3. The predicted molar refractivity (Wildman–Crippen MR) is 68.7 cm³/mol. The van der Waals surface area contributed by atoms with Gasteiger partial charge in [0.25, 0.3) is 0 Å². The Bertz CT molecular complexity index is 478. The van der Waals surface area contributed by atoms with Gasteiger partial charge in [-0.1, -0.05) is 0 Å². The van der Waals surface area contributed by atoms with Gasteiger partial charge in [-0.3, -0.25) is 0 Å². The van der Waals surface area contributed by atoms with Crippen LogP contribution >= 0.6 is 0 Å². The number of hydrogen-bond acceptors (Lipinski definition) is 4. The fourth-order valence-corrected chi connectivity index (χ4v) is 1.63. The standard InChI is InChI=1S/C12H17N5/c1-9-6-15-12(5-11(9)13)16-10(2)7-17-4-3-14-8-17/h3-6,8,10H,7H2,1-2H3,(H3,13,15,16). The molecule has 0 aliphatic heterocycles. The molecule has 0 aliphatic rings. The van der Waals surface area contributed by atoms with Crippen LogP contribution in [0, 0.1) is 6.92 Å². The van der Waals surface area contributed by atoms with Crippen molar-refractivity contribution in [2.45, 2.75) is 26.4 Å². The van der Waals surface area contributed by atoms with E-state index in [1.54, 1.807) is 18.7 Å². The minimum atomic E-state index is 0.263. The zero-order valence-electron chi connectivity index (χ0n) is 10.1. The number of anilines is 2. The Morgan fingerprint density at radius 2 is 2.35 bits per heavy atom. The van der Waals surface area contributed by atoms with Crippen molar-refractivity contribution in [1.82, 2.24) is 14.5 Å². The summed E-state index contributed by atoms with van der Waals surface area (Å²) in [5.74, 6) is 0.806. The molecule has 5 nitrogen and oxygen atoms in total. The van der Waals surface area contributed by atoms with Crippen LogP contribution in [-0.4, -0.2) is 20.6 Å². The van der Waals surface area contributed by atoms with E-state index in [0.29, 0.717) is 0 Å². The van der Waals surface area contributed by atoms with Gasteiger partial charge in [-0.15, -0.1) is 0 Å². The molecular formula is C12H17N5. The lowest BCUT2D eigenvalue weighted by Crippen LogP contribution is -2.22. The van der Waals surface area contributed by atoms with Crippen LogP contribution in [0.1, 0.15) is 12.5 Å². The van der Waals surface area contributed by atoms with Gasteiger partial charge < -0.3 is 15.6 Å². The van der Waals surface area contributed by atoms with Crippen molar-refractivity contribution < 1.29 is 0 Å². The summed E-state index contributed by atoms with van der Waals surface area (Å²) in [6, 6.07) is 2.12. The van der Waals surface area contributed by atoms with Crippen molar-refractivity contribution in [3.05, 3.63) is 36.5 Å². The molecule has 2 aromatic heterocycles. The third-order valence-electron chi connectivity index (χ3n) is 2.58. The van der Waals surface area contributed by atoms with Gasteiger partial charge in [-0.2, -0.15) is 0 Å². The van der Waals surface area contributed by atoms with Crippen molar-refractivity contribution in [1.29, 1.82) is 0 Å². The average molecular weight is 231 g/mol. The Labute approximate surface area is 101 Å². The van der Waals surface area contributed by atoms with Gasteiger partial charge in [0.15, 0.2) is 0 Å². The molecule has 0 aromatic carbocycles. The summed E-state index contributed by atoms with van der Waals surface area (Å²) in [6.45, 7) is 4.88. The van der Waals surface area contributed by atoms with Crippen molar-refractivity contribution >= 4 is 11.5 Å². The maximum atomic E-state index is 5.84. The second-order valence-corrected chi connectivity index (χ2v) is 4.23. The maximum absolute atomic E-state index is 5.84. The summed E-state index contributed by atoms with van der Waals surface area (Å²) in [4.78, 5) is 8.30. The maximum Gasteiger partial charge on any atom is 0.128 e. The fourth-order valence-electron chi connectivity index (χ4n) is 1.63. The predicted octanol–water partition coefficient (Wildman–Crippen LogP) is 1.67. The summed E-state index contributed by atoms with van der Waals surface area (Å²) >= 11 is 0. The first kappa shape index (κ1) is 11.4. The minimum Gasteiger partial charge on any atom is -0.398 e. The number of nitrogens with two attached hydrogens (primary N) is 1. The molecule has 0 bridgehead atoms. The van der Waals surface area contributed by atoms with Gasteiger partial charge in [0.05, 0.1) is 6.33 Å². The largest absolute Gasteiger partial charge is 0.398 e. The van der Waals surface area contributed by atoms with Gasteiger partial charge in [-0.05, 0) is 19.4 Å². The number of rotatable bonds is 4. The summed E-state index contributed by atoms with van der Waals surface area (Å²) in [6.07, 6.45) is 7.29. The van der Waals surface area contributed by atoms with Crippen molar-refractivity contribution in [3.8, 4) is 0 Å². The van der Waals surface area contributed by atoms with Gasteiger partial charge in [-0.25, -0.2) is 9.97 Å². The number of aromatic nitrogens is 3. The highest BCUT2D eigenvalue weighted by Crippen LogP contribution is 2.14. The second-order valence-electron chi connectivity index (χ2n) is 4.23. The molecule has 3 N–H and O–H groups in total. The Morgan fingerprint density at radius 1 is 1.53 bits per heavy atom. The number of imidazole rings is 1. The molecule has 5 heteroatoms. The fraction of sp³-hybridized carbons (Fsp3) is 0.333. The topological polar surface area (TPSA) is 68.8 Å². The van der Waals surface area contributed by atoms with E-state index in [1.807, 2.05) is 23.8 Å². The van der Waals surface area contributed by atoms with Gasteiger partial charge in [0.1, 0.15) is 5.82 Å². The van der Waals surface area contributed by atoms with Crippen molar-refractivity contribution in [2.24, 2.45) is 0 Å². The highest BCUT2D eigenvalue weighted by molar-refractivity contribution is 5.53. The molecule has 1 atom stereocenters. The zero-order valence-corrected chi connectivity index (χ0v) is 10.1. The summed E-state index contributed by atoms with van der Waals surface area (Å²) in [5.41, 5.74) is 7.60. The molecule has 2 heterocycles. The van der Waals surface area contributed by atoms with Crippen LogP contribution in [0.15, 0.2) is 31.0 Å². The summed E-state index contributed by atoms with van der Waals surface area (Å²) in [5, 5.41) is 3.31. The smallest absolute Gasteiger partial charge is 0.128 e. The van der Waals surface area contributed by atoms with Crippen LogP contribution in [-0.2, 0) is 6.54 Å². The monoisotopic (exact) mass is 231 g/mol. The SMILES string of the molecule is Cc1cnc(NC(C)Cn2ccnc2)cc1N. The van der Waals surface area contributed by atoms with Crippen LogP contribution in [0.25, 0.3) is 0 Å². The quantitative estimate of drug-likeness (QED) is 0.839. The van der Waals surface area contributed by atoms with E-state index in [4.69, 9.17) is 5.73 Å². The Balaban J connectivity index is 1.98. The molecule has 0 aliphatic carbocycles. The second kappa shape index (κ2) is 4.86. The van der Waals surface area contributed by atoms with Crippen molar-refractivity contribution in [3.63, 3.8) is 0 Å². The molecule has 0 radical (unpaired) electrons. The Hall–Kier alpha value is -2.04. The molecule has 0 fully saturated rings. The third kappa shape index (κ3) is 2.96. The lowest BCUT2D eigenvalue weighted by atomic mass is 10.2. The molecule has 0 saturated carbocycles. The molecule has 0 amide bonds. The lowest BCUT2D eigenvalue weighted by molar-refractivity contribution is 0.617. The van der Waals surface area contributed by atoms with Crippen LogP contribution < -0.4 is 11.1 Å². The Morgan fingerprint density at radius 3 is 3.00 bits per heavy atom. The number of pyridine rings is 1. The summed E-state index contributed by atoms with van der Waals surface area (Å²) < 4.78 is 2.02. The van der Waals surface area contributed by atoms with E-state index in [0.717, 1.165) is 23.6 Å².